The summed E-state index contributed by atoms with van der Waals surface area (Å²) in [5, 5.41) is 9.17. The molecule has 4 heteroatoms. The van der Waals surface area contributed by atoms with Crippen LogP contribution in [0.3, 0.4) is 0 Å². The molecule has 1 atom stereocenters. The van der Waals surface area contributed by atoms with Crippen LogP contribution >= 0.6 is 27.3 Å². The Morgan fingerprint density at radius 3 is 3.07 bits per heavy atom. The third-order valence-electron chi connectivity index (χ3n) is 2.70. The van der Waals surface area contributed by atoms with Crippen molar-refractivity contribution in [3.05, 3.63) is 20.8 Å². The van der Waals surface area contributed by atoms with Crippen molar-refractivity contribution in [2.45, 2.75) is 25.4 Å². The lowest BCUT2D eigenvalue weighted by atomic mass is 10.2. The second-order valence-corrected chi connectivity index (χ2v) is 6.20. The summed E-state index contributed by atoms with van der Waals surface area (Å²) in [5.74, 6) is 0. The number of rotatable bonds is 3. The van der Waals surface area contributed by atoms with Crippen molar-refractivity contribution in [2.24, 2.45) is 0 Å². The second-order valence-electron chi connectivity index (χ2n) is 3.65. The van der Waals surface area contributed by atoms with Crippen molar-refractivity contribution in [2.75, 3.05) is 13.2 Å². The summed E-state index contributed by atoms with van der Waals surface area (Å²) in [7, 11) is 0. The van der Waals surface area contributed by atoms with Gasteiger partial charge in [-0.25, -0.2) is 0 Å². The molecule has 1 aliphatic rings. The standard InChI is InChI=1S/C10H14BrNOS/c11-10-4-3-9(14-10)6-12-5-1-2-8(12)7-13/h3-4,8,13H,1-2,5-7H2. The van der Waals surface area contributed by atoms with Gasteiger partial charge in [0, 0.05) is 17.5 Å². The molecule has 1 aliphatic heterocycles. The first-order valence-corrected chi connectivity index (χ1v) is 6.49. The molecule has 0 radical (unpaired) electrons. The summed E-state index contributed by atoms with van der Waals surface area (Å²) in [5.41, 5.74) is 0. The van der Waals surface area contributed by atoms with Crippen LogP contribution in [0.2, 0.25) is 0 Å². The highest BCUT2D eigenvalue weighted by molar-refractivity contribution is 9.11. The SMILES string of the molecule is OCC1CCCN1Cc1ccc(Br)s1. The van der Waals surface area contributed by atoms with Crippen LogP contribution in [0.15, 0.2) is 15.9 Å². The van der Waals surface area contributed by atoms with Crippen LogP contribution in [-0.4, -0.2) is 29.2 Å². The minimum Gasteiger partial charge on any atom is -0.395 e. The van der Waals surface area contributed by atoms with E-state index in [-0.39, 0.29) is 0 Å². The number of thiophene rings is 1. The van der Waals surface area contributed by atoms with Gasteiger partial charge in [0.2, 0.25) is 0 Å². The predicted molar refractivity (Wildman–Crippen MR) is 62.5 cm³/mol. The van der Waals surface area contributed by atoms with Gasteiger partial charge in [0.15, 0.2) is 0 Å². The topological polar surface area (TPSA) is 23.5 Å². The molecule has 14 heavy (non-hydrogen) atoms. The number of likely N-dealkylation sites (tertiary alicyclic amines) is 1. The number of hydrogen-bond acceptors (Lipinski definition) is 3. The number of hydrogen-bond donors (Lipinski definition) is 1. The van der Waals surface area contributed by atoms with Crippen LogP contribution in [0, 0.1) is 0 Å². The molecule has 1 unspecified atom stereocenters. The van der Waals surface area contributed by atoms with Gasteiger partial charge in [-0.1, -0.05) is 0 Å². The van der Waals surface area contributed by atoms with Crippen LogP contribution in [-0.2, 0) is 6.54 Å². The maximum atomic E-state index is 9.17. The normalized spacial score (nSPS) is 23.1. The van der Waals surface area contributed by atoms with E-state index >= 15 is 0 Å². The zero-order valence-electron chi connectivity index (χ0n) is 7.95. The molecule has 0 spiro atoms. The molecule has 1 aromatic heterocycles. The molecule has 0 bridgehead atoms. The largest absolute Gasteiger partial charge is 0.395 e. The van der Waals surface area contributed by atoms with E-state index in [0.29, 0.717) is 12.6 Å². The number of nitrogens with zero attached hydrogens (tertiary/aromatic N) is 1. The van der Waals surface area contributed by atoms with E-state index in [9.17, 15) is 5.11 Å². The zero-order chi connectivity index (χ0) is 9.97. The third kappa shape index (κ3) is 2.37. The average molecular weight is 276 g/mol. The van der Waals surface area contributed by atoms with E-state index in [1.165, 1.54) is 15.1 Å². The van der Waals surface area contributed by atoms with E-state index in [1.807, 2.05) is 0 Å². The summed E-state index contributed by atoms with van der Waals surface area (Å²) >= 11 is 5.24. The molecular weight excluding hydrogens is 262 g/mol. The highest BCUT2D eigenvalue weighted by Crippen LogP contribution is 2.26. The van der Waals surface area contributed by atoms with Gasteiger partial charge in [-0.2, -0.15) is 0 Å². The Kier molecular flexibility index (Phi) is 3.60. The zero-order valence-corrected chi connectivity index (χ0v) is 10.4. The fraction of sp³-hybridized carbons (Fsp3) is 0.600. The van der Waals surface area contributed by atoms with Crippen molar-refractivity contribution in [3.63, 3.8) is 0 Å². The van der Waals surface area contributed by atoms with Gasteiger partial charge < -0.3 is 5.11 Å². The molecule has 0 amide bonds. The van der Waals surface area contributed by atoms with E-state index < -0.39 is 0 Å². The highest BCUT2D eigenvalue weighted by atomic mass is 79.9. The second kappa shape index (κ2) is 4.75. The monoisotopic (exact) mass is 275 g/mol. The van der Waals surface area contributed by atoms with Gasteiger partial charge in [-0.05, 0) is 47.4 Å². The van der Waals surface area contributed by atoms with Gasteiger partial charge in [0.05, 0.1) is 10.4 Å². The van der Waals surface area contributed by atoms with Gasteiger partial charge in [0.1, 0.15) is 0 Å². The molecule has 1 N–H and O–H groups in total. The number of halogens is 1. The number of aliphatic hydroxyl groups excluding tert-OH is 1. The summed E-state index contributed by atoms with van der Waals surface area (Å²) in [6.45, 7) is 2.41. The summed E-state index contributed by atoms with van der Waals surface area (Å²) in [6, 6.07) is 4.63. The minimum atomic E-state index is 0.298. The first-order chi connectivity index (χ1) is 6.79. The molecule has 1 aromatic rings. The molecule has 2 nitrogen and oxygen atoms in total. The molecule has 2 rings (SSSR count). The summed E-state index contributed by atoms with van der Waals surface area (Å²) < 4.78 is 1.19. The molecule has 1 saturated heterocycles. The summed E-state index contributed by atoms with van der Waals surface area (Å²) in [4.78, 5) is 3.75. The number of aliphatic hydroxyl groups is 1. The molecule has 78 valence electrons. The van der Waals surface area contributed by atoms with Gasteiger partial charge >= 0.3 is 0 Å². The van der Waals surface area contributed by atoms with Crippen molar-refractivity contribution < 1.29 is 5.11 Å². The molecule has 0 aliphatic carbocycles. The van der Waals surface area contributed by atoms with Crippen LogP contribution in [0.5, 0.6) is 0 Å². The molecular formula is C10H14BrNOS. The maximum absolute atomic E-state index is 9.17. The minimum absolute atomic E-state index is 0.298. The first-order valence-electron chi connectivity index (χ1n) is 4.88. The van der Waals surface area contributed by atoms with Crippen LogP contribution in [0.4, 0.5) is 0 Å². The van der Waals surface area contributed by atoms with E-state index in [4.69, 9.17) is 0 Å². The Morgan fingerprint density at radius 1 is 1.57 bits per heavy atom. The van der Waals surface area contributed by atoms with E-state index in [1.54, 1.807) is 11.3 Å². The smallest absolute Gasteiger partial charge is 0.0701 e. The van der Waals surface area contributed by atoms with Gasteiger partial charge in [-0.15, -0.1) is 11.3 Å². The van der Waals surface area contributed by atoms with E-state index in [2.05, 4.69) is 33.0 Å². The molecule has 1 fully saturated rings. The van der Waals surface area contributed by atoms with Gasteiger partial charge in [0.25, 0.3) is 0 Å². The third-order valence-corrected chi connectivity index (χ3v) is 4.31. The quantitative estimate of drug-likeness (QED) is 0.916. The highest BCUT2D eigenvalue weighted by Gasteiger charge is 2.23. The van der Waals surface area contributed by atoms with Crippen LogP contribution in [0.1, 0.15) is 17.7 Å². The Bertz CT molecular complexity index is 302. The van der Waals surface area contributed by atoms with E-state index in [0.717, 1.165) is 19.5 Å². The average Bonchev–Trinajstić information content (AvgIpc) is 2.76. The van der Waals surface area contributed by atoms with Gasteiger partial charge in [-0.3, -0.25) is 4.90 Å². The Morgan fingerprint density at radius 2 is 2.43 bits per heavy atom. The Hall–Kier alpha value is 0.1000. The Labute approximate surface area is 96.7 Å². The molecule has 0 aromatic carbocycles. The fourth-order valence-electron chi connectivity index (χ4n) is 1.95. The lowest BCUT2D eigenvalue weighted by molar-refractivity contribution is 0.154. The maximum Gasteiger partial charge on any atom is 0.0701 e. The summed E-state index contributed by atoms with van der Waals surface area (Å²) in [6.07, 6.45) is 2.36. The fourth-order valence-corrected chi connectivity index (χ4v) is 3.46. The van der Waals surface area contributed by atoms with Crippen LogP contribution < -0.4 is 0 Å². The van der Waals surface area contributed by atoms with Crippen molar-refractivity contribution in [1.82, 2.24) is 4.90 Å². The van der Waals surface area contributed by atoms with Crippen molar-refractivity contribution in [3.8, 4) is 0 Å². The molecule has 0 saturated carbocycles. The molecule has 2 heterocycles. The Balaban J connectivity index is 1.96. The van der Waals surface area contributed by atoms with Crippen molar-refractivity contribution in [1.29, 1.82) is 0 Å². The van der Waals surface area contributed by atoms with Crippen LogP contribution in [0.25, 0.3) is 0 Å². The first kappa shape index (κ1) is 10.6. The lowest BCUT2D eigenvalue weighted by Crippen LogP contribution is -2.31. The van der Waals surface area contributed by atoms with Crippen molar-refractivity contribution >= 4 is 27.3 Å². The predicted octanol–water partition coefficient (Wildman–Crippen LogP) is 2.47. The lowest BCUT2D eigenvalue weighted by Gasteiger charge is -2.21.